The van der Waals surface area contributed by atoms with Gasteiger partial charge in [-0.3, -0.25) is 28.8 Å². The minimum atomic E-state index is -2.02. The second-order valence-corrected chi connectivity index (χ2v) is 23.4. The molecule has 0 bridgehead atoms. The molecule has 5 heterocycles. The van der Waals surface area contributed by atoms with Gasteiger partial charge in [-0.15, -0.1) is 0 Å². The number of hydrogen-bond acceptors (Lipinski definition) is 27. The van der Waals surface area contributed by atoms with Crippen molar-refractivity contribution in [2.75, 3.05) is 33.0 Å². The number of aliphatic hydroxyl groups excluding tert-OH is 11. The highest BCUT2D eigenvalue weighted by molar-refractivity contribution is 5.76. The van der Waals surface area contributed by atoms with Gasteiger partial charge in [0.05, 0.1) is 26.4 Å². The van der Waals surface area contributed by atoms with Crippen molar-refractivity contribution in [3.8, 4) is 0 Å². The maximum Gasteiger partial charge on any atom is 0.302 e. The summed E-state index contributed by atoms with van der Waals surface area (Å²) >= 11 is 0. The zero-order valence-corrected chi connectivity index (χ0v) is 52.0. The van der Waals surface area contributed by atoms with E-state index in [1.165, 1.54) is 25.7 Å². The topological polar surface area (TPSA) is 477 Å². The Labute approximate surface area is 522 Å². The van der Waals surface area contributed by atoms with E-state index in [1.807, 2.05) is 0 Å². The molecule has 5 aliphatic heterocycles. The SMILES string of the molecule is CCCCCC/C=C\CCCCCCCCCC(=O)N[C@@H]1C(O[C@@H]2C(CO)OC(O[C@@H]3C(CO)OC(O[C@@H]4C(CO)OC(O[C@@H]5C(CO)OC(O)[C@@H](NC(C)=O)[C@H]5O)[C@@H](NC(C)=O)[C@H]4O)[C@@H](NC(C)=O)[C@H]3O)[C@@H](NC(C)=O)[C@H]2O)OC(COC(C)=O)[C@@H](O)[C@@H]1O. The van der Waals surface area contributed by atoms with Crippen LogP contribution in [0.1, 0.15) is 131 Å². The number of nitrogens with one attached hydrogen (secondary N) is 5. The summed E-state index contributed by atoms with van der Waals surface area (Å²) in [6.07, 6.45) is -17.6. The fraction of sp³-hybridized carbons (Fsp3) is 0.862. The highest BCUT2D eigenvalue weighted by Gasteiger charge is 2.58. The zero-order valence-electron chi connectivity index (χ0n) is 52.0. The molecule has 0 aliphatic carbocycles. The molecule has 25 atom stereocenters. The van der Waals surface area contributed by atoms with Crippen LogP contribution in [0, 0.1) is 0 Å². The molecule has 10 unspecified atom stereocenters. The van der Waals surface area contributed by atoms with E-state index in [9.17, 15) is 84.9 Å². The Morgan fingerprint density at radius 1 is 0.389 bits per heavy atom. The molecule has 32 nitrogen and oxygen atoms in total. The van der Waals surface area contributed by atoms with E-state index < -0.39 is 222 Å². The van der Waals surface area contributed by atoms with Gasteiger partial charge in [0.2, 0.25) is 29.5 Å². The van der Waals surface area contributed by atoms with E-state index in [4.69, 9.17) is 47.4 Å². The first kappa shape index (κ1) is 76.5. The first-order valence-corrected chi connectivity index (χ1v) is 31.1. The maximum atomic E-state index is 13.5. The number of rotatable bonds is 34. The Morgan fingerprint density at radius 3 is 1.08 bits per heavy atom. The molecule has 0 aromatic rings. The number of hydrogen-bond donors (Lipinski definition) is 16. The van der Waals surface area contributed by atoms with Gasteiger partial charge in [0.25, 0.3) is 0 Å². The van der Waals surface area contributed by atoms with E-state index >= 15 is 0 Å². The van der Waals surface area contributed by atoms with Crippen molar-refractivity contribution in [2.45, 2.75) is 285 Å². The minimum Gasteiger partial charge on any atom is -0.463 e. The molecule has 16 N–H and O–H groups in total. The summed E-state index contributed by atoms with van der Waals surface area (Å²) in [5.74, 6) is -4.40. The lowest BCUT2D eigenvalue weighted by molar-refractivity contribution is -0.367. The van der Waals surface area contributed by atoms with Crippen LogP contribution in [0.5, 0.6) is 0 Å². The first-order valence-electron chi connectivity index (χ1n) is 31.1. The van der Waals surface area contributed by atoms with Gasteiger partial charge in [-0.05, 0) is 32.1 Å². The number of carbonyl (C=O) groups is 6. The Balaban J connectivity index is 1.31. The van der Waals surface area contributed by atoms with Crippen molar-refractivity contribution in [3.05, 3.63) is 12.2 Å². The molecule has 5 rings (SSSR count). The van der Waals surface area contributed by atoms with Crippen molar-refractivity contribution in [1.82, 2.24) is 26.6 Å². The third kappa shape index (κ3) is 21.9. The fourth-order valence-electron chi connectivity index (χ4n) is 11.6. The first-order chi connectivity index (χ1) is 42.9. The molecule has 5 amide bonds. The summed E-state index contributed by atoms with van der Waals surface area (Å²) < 4.78 is 59.3. The van der Waals surface area contributed by atoms with Crippen LogP contribution >= 0.6 is 0 Å². The molecule has 0 spiro atoms. The average Bonchev–Trinajstić information content (AvgIpc) is 0.805. The van der Waals surface area contributed by atoms with Crippen molar-refractivity contribution in [2.24, 2.45) is 0 Å². The van der Waals surface area contributed by atoms with Crippen molar-refractivity contribution >= 4 is 35.5 Å². The maximum absolute atomic E-state index is 13.5. The van der Waals surface area contributed by atoms with Gasteiger partial charge < -0.3 is 130 Å². The molecule has 0 radical (unpaired) electrons. The summed E-state index contributed by atoms with van der Waals surface area (Å²) in [5, 5.41) is 135. The molecule has 0 aromatic carbocycles. The molecule has 32 heteroatoms. The summed E-state index contributed by atoms with van der Waals surface area (Å²) in [7, 11) is 0. The molecule has 5 aliphatic rings. The Morgan fingerprint density at radius 2 is 0.711 bits per heavy atom. The third-order valence-electron chi connectivity index (χ3n) is 16.2. The largest absolute Gasteiger partial charge is 0.463 e. The van der Waals surface area contributed by atoms with Gasteiger partial charge in [-0.2, -0.15) is 0 Å². The van der Waals surface area contributed by atoms with Crippen LogP contribution in [0.25, 0.3) is 0 Å². The Hall–Kier alpha value is -4.24. The van der Waals surface area contributed by atoms with Gasteiger partial charge in [0.15, 0.2) is 31.5 Å². The standard InChI is InChI=1S/C58H99N5O27/c1-7-8-9-10-11-12-13-14-15-16-17-18-19-20-21-22-38(73)63-40-45(75)44(74)37(27-81-32(6)72)86-55(40)88-51-34(24-65)84-57(42(47(51)77)61-30(4)70)90-53-36(26-67)85-58(43(49(53)79)62-31(5)71)89-52-35(25-66)83-56(41(48(52)78)60-29(3)69)87-50-33(23-64)82-54(80)39(46(50)76)59-28(2)68/h12-13,33-37,39-58,64-67,74-80H,7-11,14-27H2,1-6H3,(H,59,68)(H,60,69)(H,61,70)(H,62,71)(H,63,73)/b13-12-/t33?,34?,35?,36?,37?,39-,40-,41-,42-,43-,44+,45+,46+,47+,48+,49+,50+,51+,52+,53+,54?,55?,56?,57?,58?/m0/s1. The number of ether oxygens (including phenoxy) is 10. The normalized spacial score (nSPS) is 37.2. The molecular weight excluding hydrogens is 1200 g/mol. The van der Waals surface area contributed by atoms with Crippen LogP contribution in [-0.4, -0.2) is 278 Å². The molecule has 0 aromatic heterocycles. The molecule has 5 saturated heterocycles. The van der Waals surface area contributed by atoms with Crippen LogP contribution in [0.2, 0.25) is 0 Å². The van der Waals surface area contributed by atoms with E-state index in [0.717, 1.165) is 86.0 Å². The monoisotopic (exact) mass is 1300 g/mol. The number of carbonyl (C=O) groups excluding carboxylic acids is 6. The van der Waals surface area contributed by atoms with E-state index in [-0.39, 0.29) is 6.42 Å². The Kier molecular flexibility index (Phi) is 32.5. The van der Waals surface area contributed by atoms with Gasteiger partial charge in [-0.1, -0.05) is 70.4 Å². The van der Waals surface area contributed by atoms with Gasteiger partial charge >= 0.3 is 5.97 Å². The fourth-order valence-corrected chi connectivity index (χ4v) is 11.6. The number of unbranched alkanes of at least 4 members (excludes halogenated alkanes) is 11. The molecular formula is C58H99N5O27. The van der Waals surface area contributed by atoms with Gasteiger partial charge in [0.1, 0.15) is 128 Å². The van der Waals surface area contributed by atoms with Crippen LogP contribution < -0.4 is 26.6 Å². The Bertz CT molecular complexity index is 2250. The molecule has 0 saturated carbocycles. The number of esters is 1. The van der Waals surface area contributed by atoms with E-state index in [1.54, 1.807) is 0 Å². The lowest BCUT2D eigenvalue weighted by atomic mass is 9.93. The molecule has 518 valence electrons. The average molecular weight is 1300 g/mol. The molecule has 90 heavy (non-hydrogen) atoms. The van der Waals surface area contributed by atoms with Crippen molar-refractivity contribution in [3.63, 3.8) is 0 Å². The smallest absolute Gasteiger partial charge is 0.302 e. The van der Waals surface area contributed by atoms with Crippen LogP contribution in [0.3, 0.4) is 0 Å². The van der Waals surface area contributed by atoms with Gasteiger partial charge in [-0.25, -0.2) is 0 Å². The van der Waals surface area contributed by atoms with Crippen LogP contribution in [0.15, 0.2) is 12.2 Å². The third-order valence-corrected chi connectivity index (χ3v) is 16.2. The second kappa shape index (κ2) is 38.2. The van der Waals surface area contributed by atoms with Crippen molar-refractivity contribution in [1.29, 1.82) is 0 Å². The summed E-state index contributed by atoms with van der Waals surface area (Å²) in [4.78, 5) is 75.6. The molecule has 5 fully saturated rings. The summed E-state index contributed by atoms with van der Waals surface area (Å²) in [6, 6.07) is -8.18. The highest BCUT2D eigenvalue weighted by Crippen LogP contribution is 2.36. The predicted octanol–water partition coefficient (Wildman–Crippen LogP) is -4.62. The van der Waals surface area contributed by atoms with Crippen molar-refractivity contribution < 1.29 is 132 Å². The zero-order chi connectivity index (χ0) is 66.4. The number of aliphatic hydroxyl groups is 11. The summed E-state index contributed by atoms with van der Waals surface area (Å²) in [6.45, 7) is 3.11. The van der Waals surface area contributed by atoms with Crippen LogP contribution in [-0.2, 0) is 76.1 Å². The van der Waals surface area contributed by atoms with E-state index in [0.29, 0.717) is 6.42 Å². The number of amides is 5. The van der Waals surface area contributed by atoms with E-state index in [2.05, 4.69) is 45.7 Å². The lowest BCUT2D eigenvalue weighted by Gasteiger charge is -2.51. The van der Waals surface area contributed by atoms with Crippen LogP contribution in [0.4, 0.5) is 0 Å². The second-order valence-electron chi connectivity index (χ2n) is 23.4. The minimum absolute atomic E-state index is 0.00827. The quantitative estimate of drug-likeness (QED) is 0.0164. The predicted molar refractivity (Wildman–Crippen MR) is 308 cm³/mol. The number of allylic oxidation sites excluding steroid dienone is 2. The highest BCUT2D eigenvalue weighted by atomic mass is 16.8. The lowest BCUT2D eigenvalue weighted by Crippen LogP contribution is -2.72. The van der Waals surface area contributed by atoms with Gasteiger partial charge in [0, 0.05) is 41.0 Å². The summed E-state index contributed by atoms with van der Waals surface area (Å²) in [5.41, 5.74) is 0.